The van der Waals surface area contributed by atoms with Crippen molar-refractivity contribution >= 4 is 59.0 Å². The minimum Gasteiger partial charge on any atom is -0.462 e. The summed E-state index contributed by atoms with van der Waals surface area (Å²) in [4.78, 5) is 96.2. The molecule has 6 aliphatic rings. The summed E-state index contributed by atoms with van der Waals surface area (Å²) in [6, 6.07) is -1.49. The zero-order chi connectivity index (χ0) is 67.2. The first kappa shape index (κ1) is 71.0. The van der Waals surface area contributed by atoms with E-state index in [9.17, 15) is 90.7 Å². The molecule has 5 unspecified atom stereocenters. The van der Waals surface area contributed by atoms with Crippen molar-refractivity contribution in [3.05, 3.63) is 64.7 Å². The minimum atomic E-state index is -2.36. The Morgan fingerprint density at radius 3 is 1.80 bits per heavy atom. The molecule has 4 saturated heterocycles. The molecule has 0 aromatic heterocycles. The molecular weight excluding hydrogens is 1250 g/mol. The van der Waals surface area contributed by atoms with Gasteiger partial charge in [-0.3, -0.25) is 38.8 Å². The number of rotatable bonds is 17. The van der Waals surface area contributed by atoms with Crippen LogP contribution in [0.5, 0.6) is 5.75 Å². The SMILES string of the molecule is CC(c1ccccc1Cl)[C@@H]1NC(=O)CNC(=O)[C@H](CO)NC(=O)[C@@H](C(O)C2CN=C(N)N2[C@H]2O[C@H](CO)[C@@H](O)[C@H](O)[C@@H]2O)NC(=O)[C@H](C(O)C2CN=C(N)N2)NC(=O)[C@@H](Cc2ccc(O[C@H]3O[C@H](CO)[C@@H](O[C@H]4O[C@H](CO)[C@@H](O)[C@H](O)[C@@H]4O)[C@H](O)[C@@H]3O)cc2)NC1=O. The van der Waals surface area contributed by atoms with Gasteiger partial charge in [-0.2, -0.15) is 0 Å². The lowest BCUT2D eigenvalue weighted by Gasteiger charge is -2.46. The number of carbonyl (C=O) groups excluding carboxylic acids is 6. The highest BCUT2D eigenvalue weighted by molar-refractivity contribution is 6.31. The van der Waals surface area contributed by atoms with Crippen molar-refractivity contribution in [1.82, 2.24) is 42.1 Å². The van der Waals surface area contributed by atoms with E-state index in [1.54, 1.807) is 18.2 Å². The number of nitrogens with zero attached hydrogens (tertiary/aromatic N) is 3. The molecule has 0 radical (unpaired) electrons. The summed E-state index contributed by atoms with van der Waals surface area (Å²) in [7, 11) is 0. The van der Waals surface area contributed by atoms with Crippen molar-refractivity contribution in [1.29, 1.82) is 0 Å². The van der Waals surface area contributed by atoms with Gasteiger partial charge in [-0.05, 0) is 29.3 Å². The zero-order valence-electron chi connectivity index (χ0n) is 48.8. The molecule has 25 N–H and O–H groups in total. The topological polar surface area (TPSA) is 596 Å². The Morgan fingerprint density at radius 2 is 1.17 bits per heavy atom. The normalized spacial score (nSPS) is 37.3. The molecule has 510 valence electrons. The lowest BCUT2D eigenvalue weighted by molar-refractivity contribution is -0.352. The molecule has 25 atom stereocenters. The van der Waals surface area contributed by atoms with Gasteiger partial charge >= 0.3 is 0 Å². The van der Waals surface area contributed by atoms with E-state index >= 15 is 9.59 Å². The van der Waals surface area contributed by atoms with Gasteiger partial charge in [0, 0.05) is 17.4 Å². The molecular formula is C54H77ClN12O25. The number of hydrogen-bond donors (Lipinski definition) is 23. The van der Waals surface area contributed by atoms with Crippen LogP contribution in [0.1, 0.15) is 24.0 Å². The van der Waals surface area contributed by atoms with Gasteiger partial charge in [0.25, 0.3) is 0 Å². The number of hydrogen-bond acceptors (Lipinski definition) is 31. The Kier molecular flexibility index (Phi) is 23.9. The lowest BCUT2D eigenvalue weighted by atomic mass is 9.91. The maximum atomic E-state index is 15.1. The van der Waals surface area contributed by atoms with Crippen LogP contribution in [0.25, 0.3) is 0 Å². The number of halogens is 1. The van der Waals surface area contributed by atoms with Crippen LogP contribution in [0.15, 0.2) is 58.5 Å². The fraction of sp³-hybridized carbons (Fsp3) is 0.630. The summed E-state index contributed by atoms with van der Waals surface area (Å²) in [5.41, 5.74) is 12.6. The largest absolute Gasteiger partial charge is 0.462 e. The van der Waals surface area contributed by atoms with Gasteiger partial charge in [0.15, 0.2) is 24.4 Å². The van der Waals surface area contributed by atoms with E-state index in [1.165, 1.54) is 37.3 Å². The molecule has 0 bridgehead atoms. The van der Waals surface area contributed by atoms with Gasteiger partial charge in [-0.1, -0.05) is 48.9 Å². The summed E-state index contributed by atoms with van der Waals surface area (Å²) < 4.78 is 28.3. The highest BCUT2D eigenvalue weighted by Crippen LogP contribution is 2.33. The van der Waals surface area contributed by atoms with E-state index in [-0.39, 0.29) is 28.8 Å². The molecule has 37 nitrogen and oxygen atoms in total. The van der Waals surface area contributed by atoms with Crippen LogP contribution in [0.2, 0.25) is 5.02 Å². The van der Waals surface area contributed by atoms with Crippen LogP contribution in [-0.2, 0) is 54.1 Å². The summed E-state index contributed by atoms with van der Waals surface area (Å²) in [5, 5.41) is 168. The maximum Gasteiger partial charge on any atom is 0.246 e. The van der Waals surface area contributed by atoms with Crippen LogP contribution in [0, 0.1) is 0 Å². The van der Waals surface area contributed by atoms with Crippen molar-refractivity contribution in [2.75, 3.05) is 46.1 Å². The van der Waals surface area contributed by atoms with Crippen LogP contribution < -0.4 is 53.4 Å². The third-order valence-electron chi connectivity index (χ3n) is 16.6. The van der Waals surface area contributed by atoms with E-state index in [0.717, 1.165) is 4.90 Å². The van der Waals surface area contributed by atoms with Crippen molar-refractivity contribution in [3.63, 3.8) is 0 Å². The molecule has 38 heteroatoms. The Hall–Kier alpha value is -6.83. The number of ether oxygens (including phenoxy) is 5. The van der Waals surface area contributed by atoms with Gasteiger partial charge in [0.2, 0.25) is 41.7 Å². The van der Waals surface area contributed by atoms with E-state index in [4.69, 9.17) is 46.8 Å². The molecule has 0 spiro atoms. The number of aliphatic hydroxyl groups excluding tert-OH is 14. The monoisotopic (exact) mass is 1330 g/mol. The summed E-state index contributed by atoms with van der Waals surface area (Å²) in [6.07, 6.45) is -31.9. The quantitative estimate of drug-likeness (QED) is 0.0699. The number of carbonyl (C=O) groups is 6. The first-order valence-corrected chi connectivity index (χ1v) is 29.4. The standard InChI is InChI=1S/C54H77ClN12O25/c1-18(21-4-2-3-5-22(21)55)31-47(85)61-23(10-19-6-8-20(9-7-19)88-51-43(82)40(79)44(29(17-71)91-51)92-52-42(81)39(78)37(76)28(16-70)90-52)46(84)65-32(34(73)24-11-59-53(56)63-24)49(87)66-33(48(86)62-25(14-68)45(83)58-13-30(72)64-31)35(74)26-12-60-54(57)67(26)50-41(80)38(77)36(75)27(15-69)89-50/h2-9,18,23-29,31-44,50-52,68-71,73-82H,10-17H2,1H3,(H2,57,60)(H,58,83)(H,61,85)(H,62,86)(H,64,72)(H,65,84)(H,66,87)(H3,56,59,63)/t18?,23-,24?,25+,26?,27-,28-,29-,31+,32+,33-,34?,35?,36-,37-,38+,39+,40-,41+,42+,43+,44-,50+,51+,52-/m1/s1. The number of guanidine groups is 2. The number of nitrogens with two attached hydrogens (primary N) is 2. The van der Waals surface area contributed by atoms with Gasteiger partial charge in [-0.25, -0.2) is 0 Å². The molecule has 8 rings (SSSR count). The van der Waals surface area contributed by atoms with E-state index in [2.05, 4.69) is 47.2 Å². The van der Waals surface area contributed by atoms with E-state index in [1.807, 2.05) is 0 Å². The first-order chi connectivity index (χ1) is 43.7. The predicted octanol–water partition coefficient (Wildman–Crippen LogP) is -13.0. The van der Waals surface area contributed by atoms with Crippen LogP contribution in [-0.4, -0.2) is 316 Å². The maximum absolute atomic E-state index is 15.1. The molecule has 4 fully saturated rings. The van der Waals surface area contributed by atoms with Crippen molar-refractivity contribution < 1.29 is 124 Å². The minimum absolute atomic E-state index is 0.0868. The van der Waals surface area contributed by atoms with Gasteiger partial charge in [0.05, 0.1) is 58.1 Å². The molecule has 92 heavy (non-hydrogen) atoms. The number of amides is 6. The summed E-state index contributed by atoms with van der Waals surface area (Å²) in [6.45, 7) is -4.12. The summed E-state index contributed by atoms with van der Waals surface area (Å²) in [5.74, 6) is -9.33. The zero-order valence-corrected chi connectivity index (χ0v) is 49.6. The van der Waals surface area contributed by atoms with E-state index in [0.29, 0.717) is 5.56 Å². The second-order valence-corrected chi connectivity index (χ2v) is 23.1. The first-order valence-electron chi connectivity index (χ1n) is 29.0. The Balaban J connectivity index is 1.12. The Morgan fingerprint density at radius 1 is 0.598 bits per heavy atom. The molecule has 0 saturated carbocycles. The number of nitrogens with one attached hydrogen (secondary N) is 7. The number of benzene rings is 2. The second kappa shape index (κ2) is 30.9. The van der Waals surface area contributed by atoms with Gasteiger partial charge in [0.1, 0.15) is 121 Å². The highest BCUT2D eigenvalue weighted by atomic mass is 35.5. The molecule has 0 aliphatic carbocycles. The average Bonchev–Trinajstić information content (AvgIpc) is 1.43. The Bertz CT molecular complexity index is 2980. The Labute approximate surface area is 527 Å². The fourth-order valence-corrected chi connectivity index (χ4v) is 11.6. The summed E-state index contributed by atoms with van der Waals surface area (Å²) >= 11 is 6.59. The second-order valence-electron chi connectivity index (χ2n) is 22.7. The van der Waals surface area contributed by atoms with Gasteiger partial charge in [-0.15, -0.1) is 0 Å². The third-order valence-corrected chi connectivity index (χ3v) is 16.9. The molecule has 2 aromatic carbocycles. The van der Waals surface area contributed by atoms with Crippen LogP contribution >= 0.6 is 11.6 Å². The molecule has 6 amide bonds. The van der Waals surface area contributed by atoms with Crippen molar-refractivity contribution in [2.24, 2.45) is 21.5 Å². The van der Waals surface area contributed by atoms with Crippen molar-refractivity contribution in [3.8, 4) is 5.75 Å². The third kappa shape index (κ3) is 15.7. The van der Waals surface area contributed by atoms with Gasteiger partial charge < -0.3 is 149 Å². The number of aliphatic imine (C=N–C) groups is 2. The van der Waals surface area contributed by atoms with E-state index < -0.39 is 240 Å². The predicted molar refractivity (Wildman–Crippen MR) is 308 cm³/mol. The average molecular weight is 1330 g/mol. The smallest absolute Gasteiger partial charge is 0.246 e. The number of aliphatic hydroxyl groups is 14. The molecule has 6 heterocycles. The molecule has 2 aromatic rings. The molecule has 6 aliphatic heterocycles. The fourth-order valence-electron chi connectivity index (χ4n) is 11.3. The van der Waals surface area contributed by atoms with Crippen LogP contribution in [0.4, 0.5) is 0 Å². The lowest BCUT2D eigenvalue weighted by Crippen LogP contribution is -2.70. The van der Waals surface area contributed by atoms with Crippen molar-refractivity contribution in [2.45, 2.75) is 166 Å². The highest BCUT2D eigenvalue weighted by Gasteiger charge is 2.54. The van der Waals surface area contributed by atoms with Crippen LogP contribution in [0.3, 0.4) is 0 Å².